The van der Waals surface area contributed by atoms with E-state index in [0.717, 1.165) is 11.8 Å². The fraction of sp³-hybridized carbons (Fsp3) is 0.476. The Hall–Kier alpha value is -1.77. The Bertz CT molecular complexity index is 1550. The molecular weight excluding hydrogens is 658 g/mol. The second-order valence-corrected chi connectivity index (χ2v) is 14.0. The fourth-order valence-corrected chi connectivity index (χ4v) is 7.49. The van der Waals surface area contributed by atoms with Crippen molar-refractivity contribution in [2.24, 2.45) is 0 Å². The van der Waals surface area contributed by atoms with Gasteiger partial charge in [-0.2, -0.15) is 4.31 Å². The van der Waals surface area contributed by atoms with Crippen molar-refractivity contribution in [2.45, 2.75) is 52.8 Å². The van der Waals surface area contributed by atoms with E-state index in [9.17, 15) is 39.3 Å². The van der Waals surface area contributed by atoms with E-state index in [0.29, 0.717) is 9.92 Å². The van der Waals surface area contributed by atoms with Crippen LogP contribution in [0.5, 0.6) is 0 Å². The monoisotopic (exact) mass is 684 g/mol. The number of nitrogens with one attached hydrogen (secondary N) is 1. The fourth-order valence-electron chi connectivity index (χ4n) is 4.35. The summed E-state index contributed by atoms with van der Waals surface area (Å²) in [5, 5.41) is 44.3. The van der Waals surface area contributed by atoms with Crippen molar-refractivity contribution >= 4 is 56.0 Å². The molecule has 0 bridgehead atoms. The number of hydrogen-bond acceptors (Lipinski definition) is 16. The number of nitrogens with two attached hydrogens (primary N) is 1. The normalized spacial score (nSPS) is 30.4. The third-order valence-electron chi connectivity index (χ3n) is 6.51. The molecule has 1 aromatic carbocycles. The number of rotatable bonds is 11. The average Bonchev–Trinajstić information content (AvgIpc) is 3.56. The first-order valence-electron chi connectivity index (χ1n) is 12.4. The highest BCUT2D eigenvalue weighted by molar-refractivity contribution is 7.99. The number of hydrogen-bond donors (Lipinski definition) is 8. The lowest BCUT2D eigenvalue weighted by Crippen LogP contribution is -2.36. The van der Waals surface area contributed by atoms with E-state index < -0.39 is 71.6 Å². The van der Waals surface area contributed by atoms with E-state index in [1.165, 1.54) is 10.9 Å². The number of phosphoric acid groups is 2. The largest absolute Gasteiger partial charge is 0.481 e. The van der Waals surface area contributed by atoms with Crippen LogP contribution in [0.1, 0.15) is 6.23 Å². The van der Waals surface area contributed by atoms with Crippen molar-refractivity contribution in [3.8, 4) is 0 Å². The number of imidazole rings is 1. The minimum Gasteiger partial charge on any atom is -0.389 e. The van der Waals surface area contributed by atoms with Crippen LogP contribution in [0.15, 0.2) is 40.6 Å². The lowest BCUT2D eigenvalue weighted by molar-refractivity contribution is -0.0541. The number of fused-ring (bicyclic) bond motifs is 1. The van der Waals surface area contributed by atoms with Crippen LogP contribution in [-0.2, 0) is 27.2 Å². The van der Waals surface area contributed by atoms with Gasteiger partial charge in [-0.05, 0) is 24.3 Å². The lowest BCUT2D eigenvalue weighted by Gasteiger charge is -2.21. The summed E-state index contributed by atoms with van der Waals surface area (Å²) in [7, 11) is -10.5. The Morgan fingerprint density at radius 3 is 2.37 bits per heavy atom. The number of nitrogens with zero attached hydrogens (tertiary/aromatic N) is 4. The van der Waals surface area contributed by atoms with Crippen molar-refractivity contribution in [1.29, 1.82) is 0 Å². The van der Waals surface area contributed by atoms with Crippen molar-refractivity contribution in [1.82, 2.24) is 24.8 Å². The number of halogens is 1. The van der Waals surface area contributed by atoms with Gasteiger partial charge in [0.25, 0.3) is 0 Å². The number of ether oxygens (including phenoxy) is 1. The van der Waals surface area contributed by atoms with E-state index in [1.54, 1.807) is 24.3 Å². The second-order valence-electron chi connectivity index (χ2n) is 9.48. The molecule has 2 saturated heterocycles. The van der Waals surface area contributed by atoms with Gasteiger partial charge in [-0.1, -0.05) is 23.4 Å². The lowest BCUT2D eigenvalue weighted by atomic mass is 10.1. The third kappa shape index (κ3) is 7.38. The van der Waals surface area contributed by atoms with Crippen molar-refractivity contribution in [3.05, 3.63) is 35.6 Å². The maximum absolute atomic E-state index is 12.4. The molecule has 236 valence electrons. The summed E-state index contributed by atoms with van der Waals surface area (Å²) in [6.07, 6.45) is -7.35. The van der Waals surface area contributed by atoms with Crippen molar-refractivity contribution < 1.29 is 57.4 Å². The highest BCUT2D eigenvalue weighted by atomic mass is 35.5. The zero-order chi connectivity index (χ0) is 31.1. The number of phosphoric ester groups is 2. The highest BCUT2D eigenvalue weighted by Crippen LogP contribution is 2.60. The van der Waals surface area contributed by atoms with Crippen LogP contribution in [0.4, 0.5) is 5.82 Å². The first kappa shape index (κ1) is 32.6. The van der Waals surface area contributed by atoms with Gasteiger partial charge in [0.1, 0.15) is 24.6 Å². The third-order valence-corrected chi connectivity index (χ3v) is 10.3. The Labute approximate surface area is 252 Å². The van der Waals surface area contributed by atoms with Crippen LogP contribution in [0.3, 0.4) is 0 Å². The van der Waals surface area contributed by atoms with E-state index in [4.69, 9.17) is 26.6 Å². The summed E-state index contributed by atoms with van der Waals surface area (Å²) in [6, 6.07) is 5.83. The molecule has 9 atom stereocenters. The quantitative estimate of drug-likeness (QED) is 0.121. The smallest absolute Gasteiger partial charge is 0.389 e. The number of anilines is 1. The van der Waals surface area contributed by atoms with E-state index in [1.807, 2.05) is 0 Å². The molecule has 18 nitrogen and oxygen atoms in total. The predicted molar refractivity (Wildman–Crippen MR) is 148 cm³/mol. The number of nitrogen functional groups attached to an aromatic ring is 1. The van der Waals surface area contributed by atoms with Crippen LogP contribution in [0, 0.1) is 0 Å². The molecule has 0 radical (unpaired) electrons. The average molecular weight is 685 g/mol. The van der Waals surface area contributed by atoms with Gasteiger partial charge in [0.15, 0.2) is 28.4 Å². The van der Waals surface area contributed by atoms with Crippen LogP contribution in [0.25, 0.3) is 11.2 Å². The van der Waals surface area contributed by atoms with E-state index >= 15 is 0 Å². The van der Waals surface area contributed by atoms with E-state index in [-0.39, 0.29) is 28.7 Å². The molecule has 3 aromatic rings. The zero-order valence-electron chi connectivity index (χ0n) is 21.7. The molecule has 2 unspecified atom stereocenters. The Kier molecular flexibility index (Phi) is 9.80. The molecule has 4 heterocycles. The summed E-state index contributed by atoms with van der Waals surface area (Å²) in [5.74, 6) is 0.0399. The van der Waals surface area contributed by atoms with Gasteiger partial charge in [0, 0.05) is 16.5 Å². The number of aliphatic hydroxyl groups is 4. The summed E-state index contributed by atoms with van der Waals surface area (Å²) < 4.78 is 45.5. The second kappa shape index (κ2) is 12.9. The maximum Gasteiger partial charge on any atom is 0.481 e. The molecule has 2 aliphatic heterocycles. The van der Waals surface area contributed by atoms with Crippen molar-refractivity contribution in [3.63, 3.8) is 0 Å². The first-order valence-corrected chi connectivity index (χ1v) is 16.6. The summed E-state index contributed by atoms with van der Waals surface area (Å²) >= 11 is 7.12. The number of aliphatic hydroxyl groups excluding tert-OH is 4. The van der Waals surface area contributed by atoms with Gasteiger partial charge >= 0.3 is 15.6 Å². The SMILES string of the molecule is Nc1ncnc2c1nc(Sc1ccc(Cl)cc1)n2[C@@H]1O[C@H](COP(=O)(O)OP(=O)(O)OC[C@H]2NC[C@H](O)[C@@H]2O)[C@@H](O)[C@H]1O. The van der Waals surface area contributed by atoms with Crippen molar-refractivity contribution in [2.75, 3.05) is 25.5 Å². The predicted octanol–water partition coefficient (Wildman–Crippen LogP) is -0.224. The maximum atomic E-state index is 12.4. The molecule has 0 aliphatic carbocycles. The summed E-state index contributed by atoms with van der Waals surface area (Å²) in [6.45, 7) is -1.52. The Balaban J connectivity index is 1.28. The van der Waals surface area contributed by atoms with Gasteiger partial charge in [-0.3, -0.25) is 13.6 Å². The van der Waals surface area contributed by atoms with Gasteiger partial charge in [0.2, 0.25) is 0 Å². The molecule has 9 N–H and O–H groups in total. The summed E-state index contributed by atoms with van der Waals surface area (Å²) in [4.78, 5) is 33.2. The Morgan fingerprint density at radius 1 is 1.05 bits per heavy atom. The molecule has 0 spiro atoms. The minimum atomic E-state index is -5.30. The van der Waals surface area contributed by atoms with Crippen LogP contribution in [0.2, 0.25) is 5.02 Å². The molecule has 2 aromatic heterocycles. The molecule has 0 amide bonds. The van der Waals surface area contributed by atoms with E-state index in [2.05, 4.69) is 29.1 Å². The van der Waals surface area contributed by atoms with Gasteiger partial charge in [0.05, 0.1) is 31.5 Å². The van der Waals surface area contributed by atoms with Gasteiger partial charge < -0.3 is 46.0 Å². The number of benzene rings is 1. The molecule has 0 saturated carbocycles. The Morgan fingerprint density at radius 2 is 1.72 bits per heavy atom. The number of aromatic nitrogens is 4. The molecule has 2 aliphatic rings. The molecule has 2 fully saturated rings. The standard InChI is InChI=1S/C21H27ClN6O12P2S/c22-9-1-3-10(4-2-9)43-21-27-14-18(23)25-8-26-19(14)28(21)20-17(32)16(31)13(39-20)7-38-42(35,36)40-41(33,34)37-6-11-15(30)12(29)5-24-11/h1-4,8,11-13,15-17,20,24,29-32H,5-7H2,(H,33,34)(H,35,36)(H2,23,25,26)/t11-,12+,13-,15-,16-,17-,20-/m1/s1. The topological polar surface area (TPSA) is 274 Å². The zero-order valence-corrected chi connectivity index (χ0v) is 25.1. The highest BCUT2D eigenvalue weighted by Gasteiger charge is 2.47. The van der Waals surface area contributed by atoms with Gasteiger partial charge in [-0.15, -0.1) is 0 Å². The molecule has 43 heavy (non-hydrogen) atoms. The molecular formula is C21H27ClN6O12P2S. The first-order chi connectivity index (χ1) is 20.2. The minimum absolute atomic E-state index is 0.000453. The molecule has 5 rings (SSSR count). The van der Waals surface area contributed by atoms with Gasteiger partial charge in [-0.25, -0.2) is 24.1 Å². The number of β-amino-alcohol motifs (C(OH)–C–C–N with tert-alkyl or cyclic N) is 1. The molecule has 22 heteroatoms. The van der Waals surface area contributed by atoms with Crippen LogP contribution < -0.4 is 11.1 Å². The van der Waals surface area contributed by atoms with Crippen LogP contribution in [-0.4, -0.2) is 106 Å². The summed E-state index contributed by atoms with van der Waals surface area (Å²) in [5.41, 5.74) is 6.32. The van der Waals surface area contributed by atoms with Crippen LogP contribution >= 0.6 is 39.0 Å².